The summed E-state index contributed by atoms with van der Waals surface area (Å²) in [6.07, 6.45) is 0. The Labute approximate surface area is 124 Å². The molecule has 0 spiro atoms. The molecule has 0 bridgehead atoms. The van der Waals surface area contributed by atoms with Crippen molar-refractivity contribution < 1.29 is 16.8 Å². The van der Waals surface area contributed by atoms with Crippen LogP contribution in [0.4, 0.5) is 0 Å². The first-order valence-electron chi connectivity index (χ1n) is 5.47. The molecule has 10 nitrogen and oxygen atoms in total. The second-order valence-corrected chi connectivity index (χ2v) is 7.13. The van der Waals surface area contributed by atoms with Gasteiger partial charge in [-0.1, -0.05) is 12.1 Å². The summed E-state index contributed by atoms with van der Waals surface area (Å²) in [6, 6.07) is 7.54. The molecule has 0 atom stereocenters. The Morgan fingerprint density at radius 1 is 0.727 bits per heavy atom. The Hall–Kier alpha value is -2.78. The Bertz CT molecular complexity index is 977. The third-order valence-corrected chi connectivity index (χ3v) is 4.94. The van der Waals surface area contributed by atoms with Gasteiger partial charge in [0.25, 0.3) is 20.0 Å². The summed E-state index contributed by atoms with van der Waals surface area (Å²) >= 11 is 0. The lowest BCUT2D eigenvalue weighted by Gasteiger charge is -2.03. The average Bonchev–Trinajstić information content (AvgIpc) is 2.46. The van der Waals surface area contributed by atoms with Crippen molar-refractivity contribution in [3.63, 3.8) is 0 Å². The number of azide groups is 2. The van der Waals surface area contributed by atoms with Crippen molar-refractivity contribution in [2.45, 2.75) is 9.79 Å². The SMILES string of the molecule is [N-]=[N+]=NS(=O)(=O)c1ccc2cc(S(=O)(=O)N=[N+]=[N-])ccc2c1. The van der Waals surface area contributed by atoms with Crippen molar-refractivity contribution in [2.24, 2.45) is 9.04 Å². The molecule has 0 saturated heterocycles. The number of hydrogen-bond acceptors (Lipinski definition) is 4. The highest BCUT2D eigenvalue weighted by Gasteiger charge is 2.15. The standard InChI is InChI=1S/C10H6N6O4S2/c11-13-15-21(17,18)9-3-1-7-5-10(4-2-8(7)6-9)22(19,20)16-14-12/h1-6H. The molecular weight excluding hydrogens is 332 g/mol. The monoisotopic (exact) mass is 338 g/mol. The van der Waals surface area contributed by atoms with Gasteiger partial charge in [0, 0.05) is 18.9 Å². The predicted octanol–water partition coefficient (Wildman–Crippen LogP) is 2.84. The first kappa shape index (κ1) is 15.6. The van der Waals surface area contributed by atoms with Gasteiger partial charge >= 0.3 is 0 Å². The van der Waals surface area contributed by atoms with Gasteiger partial charge in [-0.15, -0.1) is 0 Å². The van der Waals surface area contributed by atoms with E-state index in [4.69, 9.17) is 11.1 Å². The van der Waals surface area contributed by atoms with E-state index in [1.807, 2.05) is 0 Å². The molecule has 0 saturated carbocycles. The fraction of sp³-hybridized carbons (Fsp3) is 0. The van der Waals surface area contributed by atoms with E-state index >= 15 is 0 Å². The van der Waals surface area contributed by atoms with Gasteiger partial charge in [-0.05, 0) is 46.1 Å². The molecule has 22 heavy (non-hydrogen) atoms. The summed E-state index contributed by atoms with van der Waals surface area (Å²) in [4.78, 5) is 4.05. The lowest BCUT2D eigenvalue weighted by Crippen LogP contribution is -1.97. The normalized spacial score (nSPS) is 11.5. The molecule has 0 aliphatic carbocycles. The van der Waals surface area contributed by atoms with E-state index in [1.165, 1.54) is 36.4 Å². The van der Waals surface area contributed by atoms with E-state index in [0.717, 1.165) is 0 Å². The molecule has 0 aromatic heterocycles. The van der Waals surface area contributed by atoms with E-state index in [-0.39, 0.29) is 9.79 Å². The van der Waals surface area contributed by atoms with Crippen molar-refractivity contribution >= 4 is 30.8 Å². The van der Waals surface area contributed by atoms with Crippen molar-refractivity contribution in [1.29, 1.82) is 0 Å². The van der Waals surface area contributed by atoms with Crippen molar-refractivity contribution in [3.8, 4) is 0 Å². The first-order valence-corrected chi connectivity index (χ1v) is 8.35. The number of benzene rings is 2. The summed E-state index contributed by atoms with van der Waals surface area (Å²) in [7, 11) is -8.25. The summed E-state index contributed by atoms with van der Waals surface area (Å²) in [5, 5.41) is 0.822. The Kier molecular flexibility index (Phi) is 3.93. The molecule has 0 aliphatic heterocycles. The van der Waals surface area contributed by atoms with Crippen LogP contribution in [0.15, 0.2) is 55.2 Å². The third-order valence-electron chi connectivity index (χ3n) is 2.67. The zero-order valence-corrected chi connectivity index (χ0v) is 12.2. The predicted molar refractivity (Wildman–Crippen MR) is 76.6 cm³/mol. The first-order chi connectivity index (χ1) is 10.3. The number of fused-ring (bicyclic) bond motifs is 1. The lowest BCUT2D eigenvalue weighted by atomic mass is 10.1. The Morgan fingerprint density at radius 3 is 1.41 bits per heavy atom. The van der Waals surface area contributed by atoms with E-state index in [1.54, 1.807) is 0 Å². The Balaban J connectivity index is 2.65. The van der Waals surface area contributed by atoms with Crippen LogP contribution < -0.4 is 0 Å². The summed E-state index contributed by atoms with van der Waals surface area (Å²) in [5.41, 5.74) is 16.5. The van der Waals surface area contributed by atoms with Crippen LogP contribution in [-0.2, 0) is 20.0 Å². The van der Waals surface area contributed by atoms with Crippen LogP contribution >= 0.6 is 0 Å². The van der Waals surface area contributed by atoms with Crippen LogP contribution in [0.3, 0.4) is 0 Å². The molecule has 0 fully saturated rings. The summed E-state index contributed by atoms with van der Waals surface area (Å²) < 4.78 is 51.9. The zero-order chi connectivity index (χ0) is 16.4. The third kappa shape index (κ3) is 2.95. The number of sulfonamides is 2. The van der Waals surface area contributed by atoms with E-state index < -0.39 is 20.0 Å². The molecule has 2 rings (SSSR count). The molecule has 2 aromatic rings. The molecule has 0 N–H and O–H groups in total. The van der Waals surface area contributed by atoms with Crippen molar-refractivity contribution in [3.05, 3.63) is 57.3 Å². The van der Waals surface area contributed by atoms with Crippen LogP contribution in [0.25, 0.3) is 31.7 Å². The molecule has 12 heteroatoms. The minimum atomic E-state index is -4.13. The topological polar surface area (TPSA) is 166 Å². The van der Waals surface area contributed by atoms with Crippen LogP contribution in [0, 0.1) is 0 Å². The van der Waals surface area contributed by atoms with Gasteiger partial charge in [0.15, 0.2) is 0 Å². The highest BCUT2D eigenvalue weighted by Crippen LogP contribution is 2.24. The molecule has 2 aromatic carbocycles. The van der Waals surface area contributed by atoms with Crippen LogP contribution in [-0.4, -0.2) is 16.8 Å². The zero-order valence-electron chi connectivity index (χ0n) is 10.6. The van der Waals surface area contributed by atoms with Gasteiger partial charge in [0.05, 0.1) is 9.79 Å². The second kappa shape index (κ2) is 5.54. The average molecular weight is 338 g/mol. The molecule has 0 radical (unpaired) electrons. The van der Waals surface area contributed by atoms with Gasteiger partial charge in [0.1, 0.15) is 0 Å². The number of hydrogen-bond donors (Lipinski definition) is 0. The molecule has 0 amide bonds. The minimum absolute atomic E-state index is 0.219. The fourth-order valence-electron chi connectivity index (χ4n) is 1.71. The van der Waals surface area contributed by atoms with E-state index in [2.05, 4.69) is 18.9 Å². The molecular formula is C10H6N6O4S2. The van der Waals surface area contributed by atoms with Crippen LogP contribution in [0.5, 0.6) is 0 Å². The highest BCUT2D eigenvalue weighted by atomic mass is 32.2. The fourth-order valence-corrected chi connectivity index (χ4v) is 3.13. The number of rotatable bonds is 4. The van der Waals surface area contributed by atoms with Crippen molar-refractivity contribution in [2.75, 3.05) is 0 Å². The smallest absolute Gasteiger partial charge is 0.216 e. The minimum Gasteiger partial charge on any atom is -0.216 e. The number of nitrogens with zero attached hydrogens (tertiary/aromatic N) is 6. The van der Waals surface area contributed by atoms with Gasteiger partial charge in [-0.3, -0.25) is 0 Å². The largest absolute Gasteiger partial charge is 0.264 e. The van der Waals surface area contributed by atoms with E-state index in [9.17, 15) is 16.8 Å². The Morgan fingerprint density at radius 2 is 1.09 bits per heavy atom. The lowest BCUT2D eigenvalue weighted by molar-refractivity contribution is 0.595. The van der Waals surface area contributed by atoms with Gasteiger partial charge in [0.2, 0.25) is 0 Å². The van der Waals surface area contributed by atoms with Crippen molar-refractivity contribution in [1.82, 2.24) is 0 Å². The van der Waals surface area contributed by atoms with Gasteiger partial charge in [-0.2, -0.15) is 0 Å². The molecule has 112 valence electrons. The highest BCUT2D eigenvalue weighted by molar-refractivity contribution is 7.90. The quantitative estimate of drug-likeness (QED) is 0.475. The molecule has 0 heterocycles. The molecule has 0 unspecified atom stereocenters. The van der Waals surface area contributed by atoms with Crippen LogP contribution in [0.2, 0.25) is 0 Å². The maximum atomic E-state index is 11.6. The summed E-state index contributed by atoms with van der Waals surface area (Å²) in [5.74, 6) is 0. The van der Waals surface area contributed by atoms with Gasteiger partial charge in [-0.25, -0.2) is 16.8 Å². The van der Waals surface area contributed by atoms with Crippen LogP contribution in [0.1, 0.15) is 0 Å². The molecule has 0 aliphatic rings. The van der Waals surface area contributed by atoms with Gasteiger partial charge < -0.3 is 0 Å². The second-order valence-electron chi connectivity index (χ2n) is 3.96. The maximum absolute atomic E-state index is 11.6. The maximum Gasteiger partial charge on any atom is 0.264 e. The summed E-state index contributed by atoms with van der Waals surface area (Å²) in [6.45, 7) is 0. The van der Waals surface area contributed by atoms with E-state index in [0.29, 0.717) is 10.8 Å².